The quantitative estimate of drug-likeness (QED) is 0.721. The van der Waals surface area contributed by atoms with E-state index >= 15 is 0 Å². The topological polar surface area (TPSA) is 47.3 Å². The number of fused-ring (bicyclic) bond motifs is 3. The summed E-state index contributed by atoms with van der Waals surface area (Å²) >= 11 is 5.62. The van der Waals surface area contributed by atoms with Crippen LogP contribution in [-0.2, 0) is 13.2 Å². The standard InChI is InChI=1S/C12H10BrIN2O2/c13-7-1-2-10-8(5-7)12-15-11(14)9(6-17)16(12)3-4-18-10/h1-2,5,17H,3-4,6H2. The maximum Gasteiger partial charge on any atom is 0.145 e. The van der Waals surface area contributed by atoms with Crippen molar-refractivity contribution in [2.24, 2.45) is 0 Å². The molecular weight excluding hydrogens is 411 g/mol. The number of hydrogen-bond donors (Lipinski definition) is 1. The van der Waals surface area contributed by atoms with Gasteiger partial charge in [-0.25, -0.2) is 4.98 Å². The van der Waals surface area contributed by atoms with Crippen molar-refractivity contribution in [3.05, 3.63) is 32.1 Å². The van der Waals surface area contributed by atoms with Crippen molar-refractivity contribution in [1.82, 2.24) is 9.55 Å². The summed E-state index contributed by atoms with van der Waals surface area (Å²) in [5, 5.41) is 9.44. The average molecular weight is 421 g/mol. The van der Waals surface area contributed by atoms with Gasteiger partial charge in [-0.05, 0) is 40.8 Å². The van der Waals surface area contributed by atoms with Crippen LogP contribution in [0.2, 0.25) is 0 Å². The molecule has 18 heavy (non-hydrogen) atoms. The fourth-order valence-corrected chi connectivity index (χ4v) is 3.16. The molecule has 1 N–H and O–H groups in total. The molecule has 0 spiro atoms. The second kappa shape index (κ2) is 4.82. The maximum absolute atomic E-state index is 9.44. The zero-order chi connectivity index (χ0) is 12.7. The molecule has 0 fully saturated rings. The molecule has 0 saturated heterocycles. The van der Waals surface area contributed by atoms with Crippen molar-refractivity contribution < 1.29 is 9.84 Å². The average Bonchev–Trinajstić information content (AvgIpc) is 2.57. The van der Waals surface area contributed by atoms with E-state index in [1.807, 2.05) is 22.8 Å². The number of benzene rings is 1. The third kappa shape index (κ3) is 1.96. The monoisotopic (exact) mass is 420 g/mol. The van der Waals surface area contributed by atoms with Crippen LogP contribution in [0.25, 0.3) is 11.4 Å². The van der Waals surface area contributed by atoms with E-state index in [2.05, 4.69) is 43.5 Å². The van der Waals surface area contributed by atoms with Gasteiger partial charge in [0.25, 0.3) is 0 Å². The lowest BCUT2D eigenvalue weighted by Crippen LogP contribution is -2.09. The summed E-state index contributed by atoms with van der Waals surface area (Å²) < 4.78 is 9.58. The number of halogens is 2. The van der Waals surface area contributed by atoms with E-state index in [1.165, 1.54) is 0 Å². The van der Waals surface area contributed by atoms with Gasteiger partial charge in [-0.3, -0.25) is 0 Å². The van der Waals surface area contributed by atoms with Crippen LogP contribution in [-0.4, -0.2) is 21.3 Å². The summed E-state index contributed by atoms with van der Waals surface area (Å²) in [5.41, 5.74) is 1.81. The number of rotatable bonds is 1. The largest absolute Gasteiger partial charge is 0.491 e. The van der Waals surface area contributed by atoms with Crippen molar-refractivity contribution >= 4 is 38.5 Å². The molecule has 6 heteroatoms. The summed E-state index contributed by atoms with van der Waals surface area (Å²) in [6.45, 7) is 1.28. The van der Waals surface area contributed by atoms with E-state index in [0.717, 1.165) is 31.0 Å². The Balaban J connectivity index is 2.27. The van der Waals surface area contributed by atoms with Gasteiger partial charge in [0.2, 0.25) is 0 Å². The summed E-state index contributed by atoms with van der Waals surface area (Å²) in [5.74, 6) is 1.69. The molecule has 0 radical (unpaired) electrons. The summed E-state index contributed by atoms with van der Waals surface area (Å²) in [6, 6.07) is 5.89. The molecule has 0 atom stereocenters. The Morgan fingerprint density at radius 3 is 3.11 bits per heavy atom. The molecule has 1 aromatic heterocycles. The molecule has 0 amide bonds. The van der Waals surface area contributed by atoms with E-state index in [4.69, 9.17) is 4.74 Å². The van der Waals surface area contributed by atoms with Crippen molar-refractivity contribution in [1.29, 1.82) is 0 Å². The van der Waals surface area contributed by atoms with Gasteiger partial charge >= 0.3 is 0 Å². The number of ether oxygens (including phenoxy) is 1. The molecule has 0 saturated carbocycles. The first-order valence-electron chi connectivity index (χ1n) is 5.49. The maximum atomic E-state index is 9.44. The van der Waals surface area contributed by atoms with Gasteiger partial charge in [0.05, 0.1) is 24.4 Å². The van der Waals surface area contributed by atoms with Gasteiger partial charge in [0.1, 0.15) is 21.9 Å². The molecule has 1 aliphatic rings. The zero-order valence-electron chi connectivity index (χ0n) is 9.36. The minimum atomic E-state index is -0.00535. The van der Waals surface area contributed by atoms with E-state index < -0.39 is 0 Å². The minimum absolute atomic E-state index is 0.00535. The Morgan fingerprint density at radius 1 is 1.50 bits per heavy atom. The fourth-order valence-electron chi connectivity index (χ4n) is 2.10. The van der Waals surface area contributed by atoms with Gasteiger partial charge < -0.3 is 14.4 Å². The van der Waals surface area contributed by atoms with Gasteiger partial charge in [0, 0.05) is 4.47 Å². The van der Waals surface area contributed by atoms with Crippen molar-refractivity contribution in [2.45, 2.75) is 13.2 Å². The number of aliphatic hydroxyl groups excluding tert-OH is 1. The molecule has 1 aromatic carbocycles. The van der Waals surface area contributed by atoms with Crippen LogP contribution in [0.4, 0.5) is 0 Å². The van der Waals surface area contributed by atoms with Crippen LogP contribution < -0.4 is 4.74 Å². The van der Waals surface area contributed by atoms with Gasteiger partial charge in [0.15, 0.2) is 0 Å². The molecule has 1 aliphatic heterocycles. The number of nitrogens with zero attached hydrogens (tertiary/aromatic N) is 2. The molecule has 4 nitrogen and oxygen atoms in total. The highest BCUT2D eigenvalue weighted by Gasteiger charge is 2.22. The summed E-state index contributed by atoms with van der Waals surface area (Å²) in [7, 11) is 0. The first kappa shape index (κ1) is 12.4. The van der Waals surface area contributed by atoms with Gasteiger partial charge in [-0.2, -0.15) is 0 Å². The lowest BCUT2D eigenvalue weighted by Gasteiger charge is -2.06. The first-order valence-corrected chi connectivity index (χ1v) is 7.36. The zero-order valence-corrected chi connectivity index (χ0v) is 13.1. The van der Waals surface area contributed by atoms with Crippen LogP contribution in [0.15, 0.2) is 22.7 Å². The third-order valence-electron chi connectivity index (χ3n) is 2.93. The smallest absolute Gasteiger partial charge is 0.145 e. The fraction of sp³-hybridized carbons (Fsp3) is 0.250. The van der Waals surface area contributed by atoms with Crippen LogP contribution in [0.5, 0.6) is 5.75 Å². The SMILES string of the molecule is OCc1c(I)nc2n1CCOc1ccc(Br)cc1-2. The minimum Gasteiger partial charge on any atom is -0.491 e. The second-order valence-corrected chi connectivity index (χ2v) is 5.91. The Kier molecular flexibility index (Phi) is 3.33. The lowest BCUT2D eigenvalue weighted by molar-refractivity contribution is 0.261. The molecular formula is C12H10BrIN2O2. The van der Waals surface area contributed by atoms with Crippen molar-refractivity contribution in [3.63, 3.8) is 0 Å². The molecule has 0 bridgehead atoms. The van der Waals surface area contributed by atoms with E-state index in [0.29, 0.717) is 13.2 Å². The highest BCUT2D eigenvalue weighted by Crippen LogP contribution is 2.35. The number of aliphatic hydroxyl groups is 1. The number of aromatic nitrogens is 2. The second-order valence-electron chi connectivity index (χ2n) is 3.97. The Labute approximate surface area is 126 Å². The molecule has 94 valence electrons. The van der Waals surface area contributed by atoms with E-state index in [9.17, 15) is 5.11 Å². The molecule has 0 aliphatic carbocycles. The number of hydrogen-bond acceptors (Lipinski definition) is 3. The Bertz CT molecular complexity index is 612. The third-order valence-corrected chi connectivity index (χ3v) is 4.29. The summed E-state index contributed by atoms with van der Waals surface area (Å²) in [6.07, 6.45) is 0. The Hall–Kier alpha value is -0.600. The first-order chi connectivity index (χ1) is 8.70. The van der Waals surface area contributed by atoms with E-state index in [-0.39, 0.29) is 6.61 Å². The number of imidazole rings is 1. The predicted molar refractivity (Wildman–Crippen MR) is 79.5 cm³/mol. The van der Waals surface area contributed by atoms with E-state index in [1.54, 1.807) is 0 Å². The van der Waals surface area contributed by atoms with Crippen LogP contribution >= 0.6 is 38.5 Å². The molecule has 0 unspecified atom stereocenters. The molecule has 2 aromatic rings. The lowest BCUT2D eigenvalue weighted by atomic mass is 10.2. The van der Waals surface area contributed by atoms with Crippen LogP contribution in [0.1, 0.15) is 5.69 Å². The van der Waals surface area contributed by atoms with Crippen molar-refractivity contribution in [2.75, 3.05) is 6.61 Å². The van der Waals surface area contributed by atoms with Crippen LogP contribution in [0, 0.1) is 3.70 Å². The van der Waals surface area contributed by atoms with Crippen molar-refractivity contribution in [3.8, 4) is 17.1 Å². The molecule has 3 rings (SSSR count). The van der Waals surface area contributed by atoms with Crippen LogP contribution in [0.3, 0.4) is 0 Å². The van der Waals surface area contributed by atoms with Gasteiger partial charge in [-0.1, -0.05) is 15.9 Å². The highest BCUT2D eigenvalue weighted by molar-refractivity contribution is 14.1. The Morgan fingerprint density at radius 2 is 2.33 bits per heavy atom. The summed E-state index contributed by atoms with van der Waals surface area (Å²) in [4.78, 5) is 4.55. The predicted octanol–water partition coefficient (Wildman–Crippen LogP) is 2.80. The normalized spacial score (nSPS) is 13.5. The van der Waals surface area contributed by atoms with Gasteiger partial charge in [-0.15, -0.1) is 0 Å². The highest BCUT2D eigenvalue weighted by atomic mass is 127. The molecule has 2 heterocycles.